The highest BCUT2D eigenvalue weighted by molar-refractivity contribution is 5.99. The average molecular weight is 566 g/mol. The smallest absolute Gasteiger partial charge is 0.313 e. The lowest BCUT2D eigenvalue weighted by Crippen LogP contribution is -2.56. The van der Waals surface area contributed by atoms with Gasteiger partial charge in [0.25, 0.3) is 0 Å². The van der Waals surface area contributed by atoms with E-state index in [1.807, 2.05) is 49.4 Å². The lowest BCUT2D eigenvalue weighted by atomic mass is 9.74. The number of carbonyl (C=O) groups is 4. The minimum atomic E-state index is -1.37. The van der Waals surface area contributed by atoms with Crippen molar-refractivity contribution in [1.29, 1.82) is 0 Å². The normalized spacial score (nSPS) is 33.5. The van der Waals surface area contributed by atoms with Gasteiger partial charge in [0.1, 0.15) is 23.7 Å². The maximum absolute atomic E-state index is 14.5. The van der Waals surface area contributed by atoms with Crippen LogP contribution in [-0.4, -0.2) is 88.7 Å². The van der Waals surface area contributed by atoms with Crippen molar-refractivity contribution in [3.63, 3.8) is 0 Å². The van der Waals surface area contributed by atoms with Crippen LogP contribution in [0.3, 0.4) is 0 Å². The van der Waals surface area contributed by atoms with Crippen LogP contribution in [0.5, 0.6) is 0 Å². The Morgan fingerprint density at radius 2 is 1.90 bits per heavy atom. The van der Waals surface area contributed by atoms with Gasteiger partial charge in [0, 0.05) is 19.5 Å². The first kappa shape index (κ1) is 29.0. The number of aliphatic hydroxyl groups excluding tert-OH is 1. The molecule has 0 saturated carbocycles. The molecule has 1 spiro atoms. The molecule has 7 atom stereocenters. The number of esters is 1. The molecule has 1 aromatic rings. The summed E-state index contributed by atoms with van der Waals surface area (Å²) in [6.07, 6.45) is 8.29. The number of nitrogens with zero attached hydrogens (tertiary/aromatic N) is 2. The predicted molar refractivity (Wildman–Crippen MR) is 149 cm³/mol. The van der Waals surface area contributed by atoms with Gasteiger partial charge in [-0.1, -0.05) is 68.0 Å². The van der Waals surface area contributed by atoms with Gasteiger partial charge < -0.3 is 29.7 Å². The molecule has 0 aliphatic carbocycles. The van der Waals surface area contributed by atoms with Crippen LogP contribution in [-0.2, 0) is 28.7 Å². The molecule has 2 saturated heterocycles. The summed E-state index contributed by atoms with van der Waals surface area (Å²) in [5.41, 5.74) is -0.689. The quantitative estimate of drug-likeness (QED) is 0.399. The Bertz CT molecular complexity index is 1220. The average Bonchev–Trinajstić information content (AvgIpc) is 3.61. The molecule has 41 heavy (non-hydrogen) atoms. The van der Waals surface area contributed by atoms with Crippen LogP contribution in [0.25, 0.3) is 0 Å². The number of fused-ring (bicyclic) bond motifs is 2. The Labute approximate surface area is 240 Å². The first-order valence-corrected chi connectivity index (χ1v) is 14.6. The largest absolute Gasteiger partial charge is 0.460 e. The number of rotatable bonds is 6. The minimum Gasteiger partial charge on any atom is -0.460 e. The molecule has 4 heterocycles. The first-order chi connectivity index (χ1) is 19.8. The summed E-state index contributed by atoms with van der Waals surface area (Å²) in [6, 6.07) is 7.21. The fourth-order valence-electron chi connectivity index (χ4n) is 6.53. The molecular weight excluding hydrogens is 526 g/mol. The lowest BCUT2D eigenvalue weighted by molar-refractivity contribution is -0.159. The fourth-order valence-corrected chi connectivity index (χ4v) is 6.53. The third-order valence-electron chi connectivity index (χ3n) is 8.54. The van der Waals surface area contributed by atoms with Gasteiger partial charge in [-0.15, -0.1) is 0 Å². The van der Waals surface area contributed by atoms with Crippen molar-refractivity contribution in [2.24, 2.45) is 11.8 Å². The van der Waals surface area contributed by atoms with Crippen molar-refractivity contribution in [3.8, 4) is 0 Å². The molecule has 1 aromatic carbocycles. The summed E-state index contributed by atoms with van der Waals surface area (Å²) in [4.78, 5) is 57.9. The SMILES string of the molecule is CCCCN1C/C=C\CCC(=O)NC[C@@H](C)OC(=O)[C@@H]2[C@@H]3C=C[C@]4(O3)[C@H](C1=O)N([C@H](CO)c1ccccc1)C(=O)[C@@H]24. The number of benzene rings is 1. The third-order valence-corrected chi connectivity index (χ3v) is 8.54. The van der Waals surface area contributed by atoms with Gasteiger partial charge in [0.2, 0.25) is 17.7 Å². The standard InChI is InChI=1S/C31H39N3O7/c1-3-4-16-33-17-10-6-9-13-24(36)32-18-20(2)40-30(39)25-23-14-15-31(41-23)26(25)28(37)34(27(31)29(33)38)22(19-35)21-11-7-5-8-12-21/h5-8,10-12,14-15,20,22-23,25-27,35H,3-4,9,13,16-19H2,1-2H3,(H,32,36)/b10-6-/t20-,22-,23+,25-,26-,27+,31-/m1/s1. The number of ether oxygens (including phenoxy) is 2. The highest BCUT2D eigenvalue weighted by Crippen LogP contribution is 2.57. The molecule has 4 aliphatic rings. The monoisotopic (exact) mass is 565 g/mol. The molecule has 5 bridgehead atoms. The van der Waals surface area contributed by atoms with Gasteiger partial charge in [-0.25, -0.2) is 0 Å². The number of nitrogens with one attached hydrogen (secondary N) is 1. The zero-order valence-electron chi connectivity index (χ0n) is 23.6. The molecule has 2 fully saturated rings. The number of cyclic esters (lactones) is 1. The Morgan fingerprint density at radius 3 is 2.63 bits per heavy atom. The molecular formula is C31H39N3O7. The molecule has 0 unspecified atom stereocenters. The van der Waals surface area contributed by atoms with E-state index in [1.54, 1.807) is 24.0 Å². The Morgan fingerprint density at radius 1 is 1.12 bits per heavy atom. The number of amides is 3. The van der Waals surface area contributed by atoms with E-state index in [2.05, 4.69) is 5.32 Å². The third kappa shape index (κ3) is 5.30. The van der Waals surface area contributed by atoms with Gasteiger partial charge in [0.15, 0.2) is 0 Å². The van der Waals surface area contributed by atoms with Gasteiger partial charge in [-0.05, 0) is 25.3 Å². The number of allylic oxidation sites excluding steroid dienone is 1. The molecule has 0 radical (unpaired) electrons. The molecule has 10 heteroatoms. The first-order valence-electron chi connectivity index (χ1n) is 14.6. The van der Waals surface area contributed by atoms with E-state index < -0.39 is 60.2 Å². The maximum atomic E-state index is 14.5. The van der Waals surface area contributed by atoms with Crippen LogP contribution >= 0.6 is 0 Å². The predicted octanol–water partition coefficient (Wildman–Crippen LogP) is 1.90. The summed E-state index contributed by atoms with van der Waals surface area (Å²) in [5.74, 6) is -3.44. The molecule has 5 rings (SSSR count). The summed E-state index contributed by atoms with van der Waals surface area (Å²) in [6.45, 7) is 4.22. The fraction of sp³-hybridized carbons (Fsp3) is 0.548. The number of likely N-dealkylation sites (tertiary alicyclic amines) is 1. The number of unbranched alkanes of at least 4 members (excludes halogenated alkanes) is 1. The Hall–Kier alpha value is -3.50. The van der Waals surface area contributed by atoms with Crippen molar-refractivity contribution in [2.75, 3.05) is 26.2 Å². The highest BCUT2D eigenvalue weighted by atomic mass is 16.6. The minimum absolute atomic E-state index is 0.144. The second-order valence-corrected chi connectivity index (χ2v) is 11.3. The summed E-state index contributed by atoms with van der Waals surface area (Å²) < 4.78 is 12.2. The van der Waals surface area contributed by atoms with Gasteiger partial charge in [-0.3, -0.25) is 19.2 Å². The maximum Gasteiger partial charge on any atom is 0.313 e. The van der Waals surface area contributed by atoms with Crippen molar-refractivity contribution < 1.29 is 33.8 Å². The van der Waals surface area contributed by atoms with Crippen LogP contribution in [0.2, 0.25) is 0 Å². The van der Waals surface area contributed by atoms with E-state index in [0.29, 0.717) is 25.1 Å². The topological polar surface area (TPSA) is 125 Å². The lowest BCUT2D eigenvalue weighted by Gasteiger charge is -2.39. The van der Waals surface area contributed by atoms with Crippen LogP contribution in [0, 0.1) is 11.8 Å². The molecule has 0 aromatic heterocycles. The van der Waals surface area contributed by atoms with E-state index in [-0.39, 0.29) is 24.8 Å². The second kappa shape index (κ2) is 12.2. The number of hydrogen-bond acceptors (Lipinski definition) is 7. The van der Waals surface area contributed by atoms with Crippen LogP contribution < -0.4 is 5.32 Å². The van der Waals surface area contributed by atoms with Gasteiger partial charge in [0.05, 0.1) is 31.2 Å². The van der Waals surface area contributed by atoms with E-state index in [9.17, 15) is 24.3 Å². The van der Waals surface area contributed by atoms with E-state index in [0.717, 1.165) is 12.8 Å². The van der Waals surface area contributed by atoms with Crippen LogP contribution in [0.4, 0.5) is 0 Å². The number of hydrogen-bond donors (Lipinski definition) is 2. The van der Waals surface area contributed by atoms with Crippen molar-refractivity contribution in [2.45, 2.75) is 69.4 Å². The van der Waals surface area contributed by atoms with Crippen LogP contribution in [0.1, 0.15) is 51.1 Å². The van der Waals surface area contributed by atoms with Gasteiger partial charge >= 0.3 is 5.97 Å². The van der Waals surface area contributed by atoms with E-state index >= 15 is 0 Å². The zero-order valence-corrected chi connectivity index (χ0v) is 23.6. The second-order valence-electron chi connectivity index (χ2n) is 11.3. The molecule has 220 valence electrons. The molecule has 10 nitrogen and oxygen atoms in total. The summed E-state index contributed by atoms with van der Waals surface area (Å²) in [7, 11) is 0. The van der Waals surface area contributed by atoms with Crippen molar-refractivity contribution in [3.05, 3.63) is 60.2 Å². The molecule has 3 amide bonds. The number of aliphatic hydroxyl groups is 1. The summed E-state index contributed by atoms with van der Waals surface area (Å²) in [5, 5.41) is 13.4. The van der Waals surface area contributed by atoms with Crippen molar-refractivity contribution in [1.82, 2.24) is 15.1 Å². The van der Waals surface area contributed by atoms with Gasteiger partial charge in [-0.2, -0.15) is 0 Å². The van der Waals surface area contributed by atoms with Crippen LogP contribution in [0.15, 0.2) is 54.6 Å². The molecule has 2 N–H and O–H groups in total. The van der Waals surface area contributed by atoms with E-state index in [1.165, 1.54) is 4.90 Å². The Balaban J connectivity index is 1.60. The number of carbonyl (C=O) groups excluding carboxylic acids is 4. The molecule has 4 aliphatic heterocycles. The zero-order chi connectivity index (χ0) is 29.1. The van der Waals surface area contributed by atoms with E-state index in [4.69, 9.17) is 9.47 Å². The summed E-state index contributed by atoms with van der Waals surface area (Å²) >= 11 is 0. The van der Waals surface area contributed by atoms with Crippen molar-refractivity contribution >= 4 is 23.7 Å². The highest BCUT2D eigenvalue weighted by Gasteiger charge is 2.74. The Kier molecular flexibility index (Phi) is 8.60.